The first-order valence-corrected chi connectivity index (χ1v) is 9.77. The number of piperidine rings is 1. The van der Waals surface area contributed by atoms with E-state index in [2.05, 4.69) is 10.6 Å². The molecule has 2 bridgehead atoms. The van der Waals surface area contributed by atoms with Gasteiger partial charge in [-0.05, 0) is 42.7 Å². The maximum absolute atomic E-state index is 12.9. The van der Waals surface area contributed by atoms with Crippen molar-refractivity contribution in [1.82, 2.24) is 14.8 Å². The highest BCUT2D eigenvalue weighted by atomic mass is 19.1. The minimum atomic E-state index is -0.367. The van der Waals surface area contributed by atoms with Crippen LogP contribution >= 0.6 is 0 Å². The molecular weight excluding hydrogens is 375 g/mol. The summed E-state index contributed by atoms with van der Waals surface area (Å²) >= 11 is 0. The summed E-state index contributed by atoms with van der Waals surface area (Å²) in [5.74, 6) is -0.201. The first-order chi connectivity index (χ1) is 14.0. The topological polar surface area (TPSA) is 83.4 Å². The molecule has 0 saturated carbocycles. The van der Waals surface area contributed by atoms with Gasteiger partial charge in [0.25, 0.3) is 5.56 Å². The highest BCUT2D eigenvalue weighted by Gasteiger charge is 2.36. The Bertz CT molecular complexity index is 973. The molecule has 2 atom stereocenters. The molecule has 8 heteroatoms. The minimum Gasteiger partial charge on any atom is -0.337 e. The molecule has 29 heavy (non-hydrogen) atoms. The van der Waals surface area contributed by atoms with Crippen molar-refractivity contribution in [3.63, 3.8) is 0 Å². The Hall–Kier alpha value is -3.16. The number of nitrogens with zero attached hydrogens (tertiary/aromatic N) is 2. The summed E-state index contributed by atoms with van der Waals surface area (Å²) in [6.45, 7) is 2.02. The van der Waals surface area contributed by atoms with Crippen LogP contribution in [0.1, 0.15) is 24.5 Å². The van der Waals surface area contributed by atoms with E-state index < -0.39 is 0 Å². The third-order valence-corrected chi connectivity index (χ3v) is 5.52. The van der Waals surface area contributed by atoms with Gasteiger partial charge in [0.1, 0.15) is 5.82 Å². The fourth-order valence-electron chi connectivity index (χ4n) is 4.21. The Balaban J connectivity index is 1.28. The SMILES string of the molecule is O=C(CCNC(=O)N1C[C@@H]2C[C@H](C1)c1cccc(=O)n1C2)Nc1ccc(F)cc1. The molecule has 2 N–H and O–H groups in total. The van der Waals surface area contributed by atoms with Gasteiger partial charge in [-0.1, -0.05) is 6.07 Å². The van der Waals surface area contributed by atoms with Crippen LogP contribution in [-0.4, -0.2) is 41.0 Å². The van der Waals surface area contributed by atoms with Gasteiger partial charge in [0.2, 0.25) is 5.91 Å². The highest BCUT2D eigenvalue weighted by Crippen LogP contribution is 2.34. The number of rotatable bonds is 4. The Morgan fingerprint density at radius 1 is 1.07 bits per heavy atom. The number of carbonyl (C=O) groups excluding carboxylic acids is 2. The number of nitrogens with one attached hydrogen (secondary N) is 2. The van der Waals surface area contributed by atoms with E-state index in [4.69, 9.17) is 0 Å². The molecule has 0 aliphatic carbocycles. The zero-order valence-corrected chi connectivity index (χ0v) is 15.9. The quantitative estimate of drug-likeness (QED) is 0.828. The smallest absolute Gasteiger partial charge is 0.317 e. The van der Waals surface area contributed by atoms with Gasteiger partial charge in [-0.2, -0.15) is 0 Å². The van der Waals surface area contributed by atoms with Crippen molar-refractivity contribution < 1.29 is 14.0 Å². The number of aromatic nitrogens is 1. The molecule has 0 radical (unpaired) electrons. The third-order valence-electron chi connectivity index (χ3n) is 5.52. The van der Waals surface area contributed by atoms with Gasteiger partial charge >= 0.3 is 6.03 Å². The summed E-state index contributed by atoms with van der Waals surface area (Å²) in [5, 5.41) is 5.47. The van der Waals surface area contributed by atoms with E-state index in [1.807, 2.05) is 10.6 Å². The Labute approximate surface area is 167 Å². The van der Waals surface area contributed by atoms with E-state index in [-0.39, 0.29) is 48.1 Å². The number of amides is 3. The molecule has 1 saturated heterocycles. The van der Waals surface area contributed by atoms with Gasteiger partial charge in [0.05, 0.1) is 0 Å². The molecule has 1 fully saturated rings. The van der Waals surface area contributed by atoms with E-state index in [0.717, 1.165) is 12.1 Å². The Kier molecular flexibility index (Phi) is 5.33. The zero-order chi connectivity index (χ0) is 20.4. The first-order valence-electron chi connectivity index (χ1n) is 9.77. The second kappa shape index (κ2) is 8.06. The highest BCUT2D eigenvalue weighted by molar-refractivity contribution is 5.91. The van der Waals surface area contributed by atoms with Crippen LogP contribution in [0.15, 0.2) is 47.3 Å². The summed E-state index contributed by atoms with van der Waals surface area (Å²) in [6.07, 6.45) is 1.11. The standard InChI is InChI=1S/C21H23FN4O3/c22-16-4-6-17(7-5-16)24-19(27)8-9-23-21(29)25-11-14-10-15(13-25)18-2-1-3-20(28)26(18)12-14/h1-7,14-15H,8-13H2,(H,23,29)(H,24,27)/t14-,15+/m0/s1. The number of halogens is 1. The molecule has 3 heterocycles. The van der Waals surface area contributed by atoms with Crippen LogP contribution in [0.3, 0.4) is 0 Å². The lowest BCUT2D eigenvalue weighted by molar-refractivity contribution is -0.116. The molecule has 2 aliphatic rings. The summed E-state index contributed by atoms with van der Waals surface area (Å²) in [6, 6.07) is 10.6. The number of fused-ring (bicyclic) bond motifs is 4. The van der Waals surface area contributed by atoms with E-state index in [0.29, 0.717) is 25.3 Å². The molecule has 1 aromatic heterocycles. The van der Waals surface area contributed by atoms with E-state index in [1.54, 1.807) is 17.0 Å². The van der Waals surface area contributed by atoms with Gasteiger partial charge < -0.3 is 20.1 Å². The predicted molar refractivity (Wildman–Crippen MR) is 106 cm³/mol. The van der Waals surface area contributed by atoms with Crippen LogP contribution in [0.4, 0.5) is 14.9 Å². The Morgan fingerprint density at radius 2 is 1.86 bits per heavy atom. The lowest BCUT2D eigenvalue weighted by atomic mass is 9.83. The molecule has 152 valence electrons. The van der Waals surface area contributed by atoms with Gasteiger partial charge in [-0.15, -0.1) is 0 Å². The van der Waals surface area contributed by atoms with Crippen molar-refractivity contribution in [2.75, 3.05) is 25.0 Å². The zero-order valence-electron chi connectivity index (χ0n) is 15.9. The number of carbonyl (C=O) groups is 2. The van der Waals surface area contributed by atoms with Gasteiger partial charge in [0, 0.05) is 56.0 Å². The number of anilines is 1. The van der Waals surface area contributed by atoms with E-state index >= 15 is 0 Å². The molecule has 7 nitrogen and oxygen atoms in total. The lowest BCUT2D eigenvalue weighted by Gasteiger charge is -2.42. The average Bonchev–Trinajstić information content (AvgIpc) is 2.70. The second-order valence-electron chi connectivity index (χ2n) is 7.64. The van der Waals surface area contributed by atoms with Crippen LogP contribution in [0.25, 0.3) is 0 Å². The monoisotopic (exact) mass is 398 g/mol. The summed E-state index contributed by atoms with van der Waals surface area (Å²) < 4.78 is 14.7. The molecule has 4 rings (SSSR count). The van der Waals surface area contributed by atoms with E-state index in [9.17, 15) is 18.8 Å². The number of pyridine rings is 1. The van der Waals surface area contributed by atoms with Crippen molar-refractivity contribution >= 4 is 17.6 Å². The molecule has 2 aliphatic heterocycles. The Morgan fingerprint density at radius 3 is 2.66 bits per heavy atom. The fraction of sp³-hybridized carbons (Fsp3) is 0.381. The lowest BCUT2D eigenvalue weighted by Crippen LogP contribution is -2.52. The van der Waals surface area contributed by atoms with Crippen molar-refractivity contribution in [3.05, 3.63) is 64.3 Å². The molecule has 3 amide bonds. The molecule has 1 aromatic carbocycles. The van der Waals surface area contributed by atoms with Gasteiger partial charge in [0.15, 0.2) is 0 Å². The van der Waals surface area contributed by atoms with Crippen molar-refractivity contribution in [2.24, 2.45) is 5.92 Å². The van der Waals surface area contributed by atoms with E-state index in [1.165, 1.54) is 24.3 Å². The maximum Gasteiger partial charge on any atom is 0.317 e. The molecular formula is C21H23FN4O3. The number of hydrogen-bond acceptors (Lipinski definition) is 3. The van der Waals surface area contributed by atoms with Crippen molar-refractivity contribution in [2.45, 2.75) is 25.3 Å². The van der Waals surface area contributed by atoms with Gasteiger partial charge in [-0.3, -0.25) is 9.59 Å². The molecule has 2 aromatic rings. The normalized spacial score (nSPS) is 20.0. The second-order valence-corrected chi connectivity index (χ2v) is 7.64. The number of hydrogen-bond donors (Lipinski definition) is 2. The van der Waals surface area contributed by atoms with Gasteiger partial charge in [-0.25, -0.2) is 9.18 Å². The molecule has 0 spiro atoms. The van der Waals surface area contributed by atoms with Crippen LogP contribution in [0.5, 0.6) is 0 Å². The number of urea groups is 1. The van der Waals surface area contributed by atoms with Crippen LogP contribution < -0.4 is 16.2 Å². The van der Waals surface area contributed by atoms with Crippen LogP contribution in [-0.2, 0) is 11.3 Å². The maximum atomic E-state index is 12.9. The fourth-order valence-corrected chi connectivity index (χ4v) is 4.21. The number of benzene rings is 1. The minimum absolute atomic E-state index is 0.0160. The summed E-state index contributed by atoms with van der Waals surface area (Å²) in [4.78, 5) is 38.4. The molecule has 0 unspecified atom stereocenters. The third kappa shape index (κ3) is 4.31. The summed E-state index contributed by atoms with van der Waals surface area (Å²) in [5.41, 5.74) is 1.52. The van der Waals surface area contributed by atoms with Crippen molar-refractivity contribution in [3.8, 4) is 0 Å². The summed E-state index contributed by atoms with van der Waals surface area (Å²) in [7, 11) is 0. The van der Waals surface area contributed by atoms with Crippen LogP contribution in [0.2, 0.25) is 0 Å². The predicted octanol–water partition coefficient (Wildman–Crippen LogP) is 2.14. The average molecular weight is 398 g/mol. The largest absolute Gasteiger partial charge is 0.337 e. The van der Waals surface area contributed by atoms with Crippen molar-refractivity contribution in [1.29, 1.82) is 0 Å². The first kappa shape index (κ1) is 19.2. The van der Waals surface area contributed by atoms with Crippen LogP contribution in [0, 0.1) is 11.7 Å². The number of likely N-dealkylation sites (tertiary alicyclic amines) is 1.